The summed E-state index contributed by atoms with van der Waals surface area (Å²) < 4.78 is 8.18. The maximum Gasteiger partial charge on any atom is 0.135 e. The van der Waals surface area contributed by atoms with Gasteiger partial charge in [-0.3, -0.25) is 4.90 Å². The molecule has 1 fully saturated rings. The number of aromatic nitrogens is 2. The molecule has 1 aliphatic carbocycles. The van der Waals surface area contributed by atoms with Gasteiger partial charge in [-0.05, 0) is 45.2 Å². The summed E-state index contributed by atoms with van der Waals surface area (Å²) in [7, 11) is 4.22. The number of hydrogen-bond acceptors (Lipinski definition) is 4. The average Bonchev–Trinajstić information content (AvgIpc) is 3.04. The molecular formula is C21H38N4O. The van der Waals surface area contributed by atoms with Crippen molar-refractivity contribution >= 4 is 0 Å². The second-order valence-corrected chi connectivity index (χ2v) is 8.39. The summed E-state index contributed by atoms with van der Waals surface area (Å²) in [5.41, 5.74) is 3.42. The van der Waals surface area contributed by atoms with Crippen molar-refractivity contribution in [3.8, 4) is 0 Å². The zero-order valence-electron chi connectivity index (χ0n) is 17.3. The first-order valence-electron chi connectivity index (χ1n) is 10.6. The van der Waals surface area contributed by atoms with Crippen molar-refractivity contribution in [1.29, 1.82) is 0 Å². The van der Waals surface area contributed by atoms with Crippen LogP contribution in [0.3, 0.4) is 0 Å². The Hall–Kier alpha value is -0.910. The molecule has 0 unspecified atom stereocenters. The molecule has 148 valence electrons. The number of rotatable bonds is 8. The molecule has 26 heavy (non-hydrogen) atoms. The van der Waals surface area contributed by atoms with E-state index in [1.54, 1.807) is 0 Å². The summed E-state index contributed by atoms with van der Waals surface area (Å²) in [6.45, 7) is 10.2. The van der Waals surface area contributed by atoms with Gasteiger partial charge in [0.2, 0.25) is 0 Å². The quantitative estimate of drug-likeness (QED) is 0.768. The minimum atomic E-state index is 0.591. The number of likely N-dealkylation sites (N-methyl/N-ethyl adjacent to an activating group) is 2. The summed E-state index contributed by atoms with van der Waals surface area (Å²) in [5, 5.41) is 3.25. The van der Waals surface area contributed by atoms with E-state index < -0.39 is 0 Å². The van der Waals surface area contributed by atoms with Crippen molar-refractivity contribution in [2.45, 2.75) is 78.0 Å². The molecule has 1 N–H and O–H groups in total. The minimum Gasteiger partial charge on any atom is -0.372 e. The van der Waals surface area contributed by atoms with E-state index in [1.165, 1.54) is 49.9 Å². The summed E-state index contributed by atoms with van der Waals surface area (Å²) in [4.78, 5) is 7.42. The van der Waals surface area contributed by atoms with Crippen molar-refractivity contribution in [1.82, 2.24) is 19.8 Å². The Morgan fingerprint density at radius 1 is 1.27 bits per heavy atom. The van der Waals surface area contributed by atoms with E-state index >= 15 is 0 Å². The molecule has 3 rings (SSSR count). The van der Waals surface area contributed by atoms with Crippen molar-refractivity contribution in [2.75, 3.05) is 33.8 Å². The summed E-state index contributed by atoms with van der Waals surface area (Å²) in [5.74, 6) is 1.82. The Morgan fingerprint density at radius 2 is 2.00 bits per heavy atom. The summed E-state index contributed by atoms with van der Waals surface area (Å²) in [6.07, 6.45) is 8.04. The second kappa shape index (κ2) is 8.85. The fourth-order valence-corrected chi connectivity index (χ4v) is 4.92. The van der Waals surface area contributed by atoms with Crippen molar-refractivity contribution in [2.24, 2.45) is 5.41 Å². The van der Waals surface area contributed by atoms with E-state index in [0.717, 1.165) is 38.6 Å². The molecule has 0 amide bonds. The number of fused-ring (bicyclic) bond motifs is 1. The number of ether oxygens (including phenoxy) is 1. The monoisotopic (exact) mass is 362 g/mol. The Kier molecular flexibility index (Phi) is 6.76. The minimum absolute atomic E-state index is 0.591. The first kappa shape index (κ1) is 19.8. The van der Waals surface area contributed by atoms with E-state index in [9.17, 15) is 0 Å². The van der Waals surface area contributed by atoms with E-state index in [4.69, 9.17) is 9.72 Å². The third-order valence-corrected chi connectivity index (χ3v) is 6.95. The molecule has 1 aromatic rings. The van der Waals surface area contributed by atoms with Crippen molar-refractivity contribution in [3.05, 3.63) is 17.2 Å². The number of imidazole rings is 1. The van der Waals surface area contributed by atoms with Gasteiger partial charge in [-0.25, -0.2) is 4.98 Å². The largest absolute Gasteiger partial charge is 0.372 e. The van der Waals surface area contributed by atoms with Crippen molar-refractivity contribution < 1.29 is 4.74 Å². The Bertz CT molecular complexity index is 569. The third kappa shape index (κ3) is 4.15. The van der Waals surface area contributed by atoms with Crippen LogP contribution in [0.4, 0.5) is 0 Å². The van der Waals surface area contributed by atoms with Crippen LogP contribution in [0.2, 0.25) is 0 Å². The maximum absolute atomic E-state index is 5.68. The van der Waals surface area contributed by atoms with Gasteiger partial charge in [0.05, 0.1) is 12.3 Å². The van der Waals surface area contributed by atoms with Crippen LogP contribution in [-0.2, 0) is 24.4 Å². The fraction of sp³-hybridized carbons (Fsp3) is 0.857. The molecule has 2 heterocycles. The molecule has 0 saturated heterocycles. The molecule has 0 aromatic carbocycles. The van der Waals surface area contributed by atoms with Gasteiger partial charge in [-0.15, -0.1) is 0 Å². The van der Waals surface area contributed by atoms with Gasteiger partial charge in [0.25, 0.3) is 0 Å². The van der Waals surface area contributed by atoms with Crippen LogP contribution in [-0.4, -0.2) is 48.2 Å². The molecule has 0 spiro atoms. The molecule has 5 nitrogen and oxygen atoms in total. The van der Waals surface area contributed by atoms with Crippen LogP contribution in [0.15, 0.2) is 0 Å². The Morgan fingerprint density at radius 3 is 2.65 bits per heavy atom. The first-order valence-corrected chi connectivity index (χ1v) is 10.6. The molecule has 2 aliphatic rings. The van der Waals surface area contributed by atoms with Gasteiger partial charge in [0, 0.05) is 37.8 Å². The maximum atomic E-state index is 5.68. The van der Waals surface area contributed by atoms with Crippen LogP contribution in [0.1, 0.15) is 75.5 Å². The zero-order valence-corrected chi connectivity index (χ0v) is 17.3. The van der Waals surface area contributed by atoms with Crippen LogP contribution in [0.5, 0.6) is 0 Å². The number of nitrogens with one attached hydrogen (secondary N) is 1. The third-order valence-electron chi connectivity index (χ3n) is 6.95. The predicted octanol–water partition coefficient (Wildman–Crippen LogP) is 3.53. The molecule has 1 aromatic heterocycles. The van der Waals surface area contributed by atoms with Crippen molar-refractivity contribution in [3.63, 3.8) is 0 Å². The highest BCUT2D eigenvalue weighted by atomic mass is 16.5. The normalized spacial score (nSPS) is 20.5. The van der Waals surface area contributed by atoms with E-state index in [2.05, 4.69) is 35.7 Å². The molecule has 0 radical (unpaired) electrons. The zero-order chi connectivity index (χ0) is 18.6. The van der Waals surface area contributed by atoms with Crippen LogP contribution in [0.25, 0.3) is 0 Å². The van der Waals surface area contributed by atoms with Gasteiger partial charge in [0.1, 0.15) is 12.4 Å². The highest BCUT2D eigenvalue weighted by molar-refractivity contribution is 5.23. The number of nitrogens with zero attached hydrogens (tertiary/aromatic N) is 3. The molecule has 1 saturated carbocycles. The molecule has 5 heteroatoms. The second-order valence-electron chi connectivity index (χ2n) is 8.39. The van der Waals surface area contributed by atoms with Crippen LogP contribution < -0.4 is 5.32 Å². The predicted molar refractivity (Wildman–Crippen MR) is 106 cm³/mol. The van der Waals surface area contributed by atoms with Gasteiger partial charge in [-0.2, -0.15) is 0 Å². The first-order chi connectivity index (χ1) is 12.6. The van der Waals surface area contributed by atoms with Gasteiger partial charge >= 0.3 is 0 Å². The molecule has 0 bridgehead atoms. The lowest BCUT2D eigenvalue weighted by molar-refractivity contribution is 0.0790. The highest BCUT2D eigenvalue weighted by Gasteiger charge is 2.35. The lowest BCUT2D eigenvalue weighted by atomic mass is 9.67. The molecule has 0 atom stereocenters. The topological polar surface area (TPSA) is 42.3 Å². The SMILES string of the molecule is CCC1(CC)CCC(c2c(CN(C)CCNC)nc3n2CCOC3)CC1. The van der Waals surface area contributed by atoms with E-state index in [0.29, 0.717) is 17.9 Å². The van der Waals surface area contributed by atoms with Crippen LogP contribution in [0, 0.1) is 5.41 Å². The van der Waals surface area contributed by atoms with Gasteiger partial charge < -0.3 is 14.6 Å². The van der Waals surface area contributed by atoms with E-state index in [1.807, 2.05) is 7.05 Å². The van der Waals surface area contributed by atoms with E-state index in [-0.39, 0.29) is 0 Å². The Labute approximate surface area is 159 Å². The summed E-state index contributed by atoms with van der Waals surface area (Å²) >= 11 is 0. The summed E-state index contributed by atoms with van der Waals surface area (Å²) in [6, 6.07) is 0. The highest BCUT2D eigenvalue weighted by Crippen LogP contribution is 2.47. The lowest BCUT2D eigenvalue weighted by Gasteiger charge is -2.40. The number of hydrogen-bond donors (Lipinski definition) is 1. The average molecular weight is 363 g/mol. The Balaban J connectivity index is 1.80. The fourth-order valence-electron chi connectivity index (χ4n) is 4.92. The lowest BCUT2D eigenvalue weighted by Crippen LogP contribution is -2.29. The molecule has 1 aliphatic heterocycles. The standard InChI is InChI=1S/C21H38N4O/c1-5-21(6-2)9-7-17(8-10-21)20-18(15-24(4)12-11-22-3)23-19-16-26-14-13-25(19)20/h17,22H,5-16H2,1-4H3. The van der Waals surface area contributed by atoms with Gasteiger partial charge in [0.15, 0.2) is 0 Å². The van der Waals surface area contributed by atoms with Gasteiger partial charge in [-0.1, -0.05) is 26.7 Å². The smallest absolute Gasteiger partial charge is 0.135 e. The van der Waals surface area contributed by atoms with Crippen LogP contribution >= 0.6 is 0 Å². The molecular weight excluding hydrogens is 324 g/mol.